The van der Waals surface area contributed by atoms with Crippen molar-refractivity contribution in [1.82, 2.24) is 4.57 Å². The Kier molecular flexibility index (Phi) is 5.47. The molecule has 1 heterocycles. The standard InChI is InChI=1S/C19H23ClFNO3/c1-5-6-14(23)15-16(24)17(19(2,3)4)22(18(15)25)10-11-7-8-13(21)12(20)9-11/h7-9,24-25H,5-6,10H2,1-4H3. The average molecular weight is 368 g/mol. The van der Waals surface area contributed by atoms with Crippen LogP contribution in [0.4, 0.5) is 4.39 Å². The highest BCUT2D eigenvalue weighted by Gasteiger charge is 2.32. The fraction of sp³-hybridized carbons (Fsp3) is 0.421. The Morgan fingerprint density at radius 2 is 1.92 bits per heavy atom. The fourth-order valence-corrected chi connectivity index (χ4v) is 3.14. The highest BCUT2D eigenvalue weighted by molar-refractivity contribution is 6.30. The molecule has 0 amide bonds. The molecule has 0 atom stereocenters. The molecule has 0 spiro atoms. The summed E-state index contributed by atoms with van der Waals surface area (Å²) in [6.07, 6.45) is 0.846. The Morgan fingerprint density at radius 1 is 1.28 bits per heavy atom. The van der Waals surface area contributed by atoms with E-state index in [0.29, 0.717) is 17.7 Å². The molecule has 25 heavy (non-hydrogen) atoms. The first-order chi connectivity index (χ1) is 11.6. The molecule has 2 rings (SSSR count). The number of carbonyl (C=O) groups excluding carboxylic acids is 1. The van der Waals surface area contributed by atoms with Crippen LogP contribution in [0.25, 0.3) is 0 Å². The van der Waals surface area contributed by atoms with Crippen molar-refractivity contribution in [3.63, 3.8) is 0 Å². The lowest BCUT2D eigenvalue weighted by atomic mass is 9.90. The second-order valence-corrected chi connectivity index (χ2v) is 7.56. The first-order valence-corrected chi connectivity index (χ1v) is 8.57. The van der Waals surface area contributed by atoms with Crippen LogP contribution in [0, 0.1) is 5.82 Å². The average Bonchev–Trinajstić information content (AvgIpc) is 2.74. The summed E-state index contributed by atoms with van der Waals surface area (Å²) in [5, 5.41) is 21.2. The van der Waals surface area contributed by atoms with Gasteiger partial charge in [-0.2, -0.15) is 0 Å². The summed E-state index contributed by atoms with van der Waals surface area (Å²) >= 11 is 5.83. The number of aromatic hydroxyl groups is 2. The molecule has 1 aromatic carbocycles. The smallest absolute Gasteiger partial charge is 0.206 e. The van der Waals surface area contributed by atoms with Gasteiger partial charge in [-0.1, -0.05) is 45.4 Å². The molecule has 0 aliphatic carbocycles. The van der Waals surface area contributed by atoms with Gasteiger partial charge in [-0.15, -0.1) is 0 Å². The van der Waals surface area contributed by atoms with Crippen LogP contribution < -0.4 is 0 Å². The van der Waals surface area contributed by atoms with Crippen molar-refractivity contribution in [2.75, 3.05) is 0 Å². The molecule has 0 bridgehead atoms. The molecular weight excluding hydrogens is 345 g/mol. The highest BCUT2D eigenvalue weighted by Crippen LogP contribution is 2.42. The summed E-state index contributed by atoms with van der Waals surface area (Å²) in [6.45, 7) is 7.65. The van der Waals surface area contributed by atoms with Gasteiger partial charge in [-0.05, 0) is 24.1 Å². The third-order valence-corrected chi connectivity index (χ3v) is 4.29. The number of hydrogen-bond donors (Lipinski definition) is 2. The third kappa shape index (κ3) is 3.82. The van der Waals surface area contributed by atoms with Gasteiger partial charge in [0.25, 0.3) is 0 Å². The van der Waals surface area contributed by atoms with Gasteiger partial charge in [0.1, 0.15) is 11.4 Å². The van der Waals surface area contributed by atoms with E-state index in [1.165, 1.54) is 16.7 Å². The summed E-state index contributed by atoms with van der Waals surface area (Å²) in [5.41, 5.74) is 0.525. The molecule has 6 heteroatoms. The molecule has 0 aliphatic heterocycles. The van der Waals surface area contributed by atoms with E-state index < -0.39 is 11.2 Å². The van der Waals surface area contributed by atoms with Crippen LogP contribution in [0.5, 0.6) is 11.6 Å². The Morgan fingerprint density at radius 3 is 2.44 bits per heavy atom. The lowest BCUT2D eigenvalue weighted by Crippen LogP contribution is -2.18. The maximum Gasteiger partial charge on any atom is 0.206 e. The zero-order valence-corrected chi connectivity index (χ0v) is 15.6. The minimum absolute atomic E-state index is 0.0204. The zero-order chi connectivity index (χ0) is 18.9. The van der Waals surface area contributed by atoms with Crippen molar-refractivity contribution < 1.29 is 19.4 Å². The number of rotatable bonds is 5. The van der Waals surface area contributed by atoms with E-state index in [1.54, 1.807) is 6.07 Å². The molecule has 0 unspecified atom stereocenters. The Bertz CT molecular complexity index is 806. The SMILES string of the molecule is CCCC(=O)c1c(O)c(C(C)(C)C)n(Cc2ccc(F)c(Cl)c2)c1O. The third-order valence-electron chi connectivity index (χ3n) is 4.00. The summed E-state index contributed by atoms with van der Waals surface area (Å²) in [5.74, 6) is -1.31. The number of benzene rings is 1. The maximum absolute atomic E-state index is 13.4. The van der Waals surface area contributed by atoms with E-state index in [1.807, 2.05) is 27.7 Å². The van der Waals surface area contributed by atoms with Crippen molar-refractivity contribution in [2.45, 2.75) is 52.5 Å². The summed E-state index contributed by atoms with van der Waals surface area (Å²) in [7, 11) is 0. The molecule has 2 aromatic rings. The van der Waals surface area contributed by atoms with Gasteiger partial charge in [0, 0.05) is 11.8 Å². The number of Topliss-reactive ketones (excluding diaryl/α,β-unsaturated/α-hetero) is 1. The second-order valence-electron chi connectivity index (χ2n) is 7.15. The fourth-order valence-electron chi connectivity index (χ4n) is 2.94. The Hall–Kier alpha value is -2.01. The van der Waals surface area contributed by atoms with Crippen LogP contribution in [0.15, 0.2) is 18.2 Å². The van der Waals surface area contributed by atoms with Gasteiger partial charge >= 0.3 is 0 Å². The molecule has 0 saturated carbocycles. The first-order valence-electron chi connectivity index (χ1n) is 8.19. The number of carbonyl (C=O) groups is 1. The van der Waals surface area contributed by atoms with Crippen molar-refractivity contribution in [3.05, 3.63) is 45.9 Å². The normalized spacial score (nSPS) is 11.8. The minimum Gasteiger partial charge on any atom is -0.505 e. The number of hydrogen-bond acceptors (Lipinski definition) is 3. The maximum atomic E-state index is 13.4. The molecule has 0 aliphatic rings. The van der Waals surface area contributed by atoms with Gasteiger partial charge in [-0.3, -0.25) is 4.79 Å². The number of nitrogens with zero attached hydrogens (tertiary/aromatic N) is 1. The van der Waals surface area contributed by atoms with Crippen molar-refractivity contribution in [3.8, 4) is 11.6 Å². The van der Waals surface area contributed by atoms with Gasteiger partial charge in [0.05, 0.1) is 17.3 Å². The lowest BCUT2D eigenvalue weighted by molar-refractivity contribution is 0.0976. The van der Waals surface area contributed by atoms with E-state index in [9.17, 15) is 19.4 Å². The van der Waals surface area contributed by atoms with E-state index in [-0.39, 0.29) is 41.0 Å². The predicted octanol–water partition coefficient (Wildman–Crippen LogP) is 5.02. The van der Waals surface area contributed by atoms with Gasteiger partial charge < -0.3 is 14.8 Å². The molecule has 136 valence electrons. The van der Waals surface area contributed by atoms with Crippen LogP contribution in [-0.2, 0) is 12.0 Å². The van der Waals surface area contributed by atoms with Gasteiger partial charge in [0.15, 0.2) is 11.5 Å². The molecule has 2 N–H and O–H groups in total. The zero-order valence-electron chi connectivity index (χ0n) is 14.9. The molecule has 0 radical (unpaired) electrons. The molecular formula is C19H23ClFNO3. The van der Waals surface area contributed by atoms with E-state index in [2.05, 4.69) is 0 Å². The quantitative estimate of drug-likeness (QED) is 0.729. The Labute approximate surface area is 151 Å². The lowest BCUT2D eigenvalue weighted by Gasteiger charge is -2.22. The van der Waals surface area contributed by atoms with Crippen molar-refractivity contribution in [1.29, 1.82) is 0 Å². The van der Waals surface area contributed by atoms with E-state index >= 15 is 0 Å². The van der Waals surface area contributed by atoms with Crippen molar-refractivity contribution >= 4 is 17.4 Å². The van der Waals surface area contributed by atoms with Crippen LogP contribution in [0.1, 0.15) is 62.2 Å². The topological polar surface area (TPSA) is 62.5 Å². The van der Waals surface area contributed by atoms with Crippen LogP contribution in [0.2, 0.25) is 5.02 Å². The monoisotopic (exact) mass is 367 g/mol. The highest BCUT2D eigenvalue weighted by atomic mass is 35.5. The summed E-state index contributed by atoms with van der Waals surface area (Å²) in [4.78, 5) is 12.3. The number of aromatic nitrogens is 1. The molecule has 1 aromatic heterocycles. The predicted molar refractivity (Wildman–Crippen MR) is 96.2 cm³/mol. The minimum atomic E-state index is -0.528. The number of halogens is 2. The van der Waals surface area contributed by atoms with Crippen molar-refractivity contribution in [2.24, 2.45) is 0 Å². The summed E-state index contributed by atoms with van der Waals surface area (Å²) < 4.78 is 14.9. The van der Waals surface area contributed by atoms with Crippen LogP contribution in [-0.4, -0.2) is 20.6 Å². The van der Waals surface area contributed by atoms with Gasteiger partial charge in [0.2, 0.25) is 5.88 Å². The molecule has 4 nitrogen and oxygen atoms in total. The van der Waals surface area contributed by atoms with Gasteiger partial charge in [-0.25, -0.2) is 4.39 Å². The number of ketones is 1. The molecule has 0 saturated heterocycles. The Balaban J connectivity index is 2.60. The van der Waals surface area contributed by atoms with E-state index in [4.69, 9.17) is 11.6 Å². The van der Waals surface area contributed by atoms with E-state index in [0.717, 1.165) is 0 Å². The first kappa shape index (κ1) is 19.3. The molecule has 0 fully saturated rings. The second kappa shape index (κ2) is 7.08. The van der Waals surface area contributed by atoms with Crippen LogP contribution in [0.3, 0.4) is 0 Å². The van der Waals surface area contributed by atoms with Crippen LogP contribution >= 0.6 is 11.6 Å². The summed E-state index contributed by atoms with van der Waals surface area (Å²) in [6, 6.07) is 4.27. The largest absolute Gasteiger partial charge is 0.505 e.